The van der Waals surface area contributed by atoms with Crippen LogP contribution < -0.4 is 10.1 Å². The number of imidazole rings is 1. The largest absolute Gasteiger partial charge is 0.493 e. The minimum Gasteiger partial charge on any atom is -0.493 e. The predicted octanol–water partition coefficient (Wildman–Crippen LogP) is 3.34. The number of hydrogen-bond acceptors (Lipinski definition) is 5. The molecule has 0 aliphatic carbocycles. The third kappa shape index (κ3) is 3.09. The Morgan fingerprint density at radius 2 is 2.00 bits per heavy atom. The van der Waals surface area contributed by atoms with Gasteiger partial charge in [0.2, 0.25) is 0 Å². The molecule has 0 bridgehead atoms. The van der Waals surface area contributed by atoms with Crippen molar-refractivity contribution < 1.29 is 19.1 Å². The second-order valence-electron chi connectivity index (χ2n) is 5.46. The first-order valence-corrected chi connectivity index (χ1v) is 8.05. The second kappa shape index (κ2) is 7.05. The third-order valence-corrected chi connectivity index (χ3v) is 4.19. The van der Waals surface area contributed by atoms with E-state index in [0.29, 0.717) is 33.5 Å². The van der Waals surface area contributed by atoms with Crippen molar-refractivity contribution in [2.24, 2.45) is 0 Å². The number of anilines is 1. The summed E-state index contributed by atoms with van der Waals surface area (Å²) in [6.45, 7) is 1.73. The van der Waals surface area contributed by atoms with Crippen LogP contribution in [0.15, 0.2) is 36.5 Å². The van der Waals surface area contributed by atoms with E-state index in [2.05, 4.69) is 15.0 Å². The summed E-state index contributed by atoms with van der Waals surface area (Å²) in [5, 5.41) is 3.02. The number of hydrogen-bond donors (Lipinski definition) is 1. The lowest BCUT2D eigenvalue weighted by Gasteiger charge is -2.10. The Hall–Kier alpha value is -3.06. The fraction of sp³-hybridized carbons (Fsp3) is 0.167. The number of amides is 1. The molecule has 0 spiro atoms. The van der Waals surface area contributed by atoms with Crippen molar-refractivity contribution in [3.8, 4) is 5.75 Å². The number of benzene rings is 1. The van der Waals surface area contributed by atoms with Gasteiger partial charge >= 0.3 is 5.97 Å². The van der Waals surface area contributed by atoms with Gasteiger partial charge < -0.3 is 14.8 Å². The molecular weight excluding hydrogens is 358 g/mol. The minimum absolute atomic E-state index is 0.281. The maximum Gasteiger partial charge on any atom is 0.337 e. The molecule has 0 fully saturated rings. The molecule has 0 aliphatic rings. The Balaban J connectivity index is 2.00. The molecule has 3 aromatic rings. The zero-order valence-corrected chi connectivity index (χ0v) is 15.1. The normalized spacial score (nSPS) is 10.6. The Morgan fingerprint density at radius 1 is 1.23 bits per heavy atom. The van der Waals surface area contributed by atoms with E-state index in [-0.39, 0.29) is 5.56 Å². The average molecular weight is 374 g/mol. The zero-order chi connectivity index (χ0) is 18.8. The molecule has 0 aliphatic heterocycles. The average Bonchev–Trinajstić information content (AvgIpc) is 2.98. The smallest absolute Gasteiger partial charge is 0.337 e. The van der Waals surface area contributed by atoms with Crippen LogP contribution in [0.4, 0.5) is 5.69 Å². The van der Waals surface area contributed by atoms with E-state index in [0.717, 1.165) is 0 Å². The number of ether oxygens (including phenoxy) is 2. The van der Waals surface area contributed by atoms with Crippen LogP contribution in [0, 0.1) is 6.92 Å². The second-order valence-corrected chi connectivity index (χ2v) is 5.86. The summed E-state index contributed by atoms with van der Waals surface area (Å²) in [5.74, 6) is -0.375. The highest BCUT2D eigenvalue weighted by atomic mass is 35.5. The minimum atomic E-state index is -0.520. The number of nitrogens with one attached hydrogen (secondary N) is 1. The van der Waals surface area contributed by atoms with Gasteiger partial charge in [0, 0.05) is 6.20 Å². The SMILES string of the molecule is COC(=O)c1ccc(Cl)c(NC(=O)c2c(C)nc3c(OC)cccn23)c1. The predicted molar refractivity (Wildman–Crippen MR) is 97.2 cm³/mol. The lowest BCUT2D eigenvalue weighted by molar-refractivity contribution is 0.0600. The van der Waals surface area contributed by atoms with Gasteiger partial charge in [-0.1, -0.05) is 11.6 Å². The molecule has 2 aromatic heterocycles. The van der Waals surface area contributed by atoms with Gasteiger partial charge in [-0.25, -0.2) is 9.78 Å². The highest BCUT2D eigenvalue weighted by Crippen LogP contribution is 2.26. The van der Waals surface area contributed by atoms with Gasteiger partial charge in [-0.2, -0.15) is 0 Å². The van der Waals surface area contributed by atoms with Crippen molar-refractivity contribution in [2.75, 3.05) is 19.5 Å². The summed E-state index contributed by atoms with van der Waals surface area (Å²) in [6.07, 6.45) is 1.72. The summed E-state index contributed by atoms with van der Waals surface area (Å²) in [5.41, 5.74) is 2.00. The van der Waals surface area contributed by atoms with Gasteiger partial charge in [-0.15, -0.1) is 0 Å². The van der Waals surface area contributed by atoms with Gasteiger partial charge in [0.1, 0.15) is 5.69 Å². The maximum atomic E-state index is 12.8. The summed E-state index contributed by atoms with van der Waals surface area (Å²) in [6, 6.07) is 8.03. The molecule has 1 aromatic carbocycles. The Labute approximate surface area is 154 Å². The number of fused-ring (bicyclic) bond motifs is 1. The van der Waals surface area contributed by atoms with Gasteiger partial charge in [0.15, 0.2) is 11.4 Å². The van der Waals surface area contributed by atoms with Crippen LogP contribution in [0.2, 0.25) is 5.02 Å². The maximum absolute atomic E-state index is 12.8. The van der Waals surface area contributed by atoms with Crippen molar-refractivity contribution in [2.45, 2.75) is 6.92 Å². The summed E-state index contributed by atoms with van der Waals surface area (Å²) in [7, 11) is 2.82. The van der Waals surface area contributed by atoms with Crippen molar-refractivity contribution in [3.05, 3.63) is 58.5 Å². The first-order chi connectivity index (χ1) is 12.5. The fourth-order valence-electron chi connectivity index (χ4n) is 2.64. The van der Waals surface area contributed by atoms with Crippen LogP contribution in [0.25, 0.3) is 5.65 Å². The van der Waals surface area contributed by atoms with E-state index in [9.17, 15) is 9.59 Å². The Bertz CT molecular complexity index is 1010. The van der Waals surface area contributed by atoms with Gasteiger partial charge in [0.05, 0.1) is 36.2 Å². The number of halogens is 1. The van der Waals surface area contributed by atoms with E-state index < -0.39 is 11.9 Å². The highest BCUT2D eigenvalue weighted by molar-refractivity contribution is 6.34. The van der Waals surface area contributed by atoms with Crippen molar-refractivity contribution in [3.63, 3.8) is 0 Å². The standard InChI is InChI=1S/C18H16ClN3O4/c1-10-15(22-8-4-5-14(25-2)16(22)20-10)17(23)21-13-9-11(18(24)26-3)6-7-12(13)19/h4-9H,1-3H3,(H,21,23). The van der Waals surface area contributed by atoms with E-state index in [4.69, 9.17) is 16.3 Å². The summed E-state index contributed by atoms with van der Waals surface area (Å²) >= 11 is 6.15. The van der Waals surface area contributed by atoms with Crippen LogP contribution in [0.5, 0.6) is 5.75 Å². The molecule has 134 valence electrons. The molecule has 26 heavy (non-hydrogen) atoms. The topological polar surface area (TPSA) is 81.9 Å². The number of carbonyl (C=O) groups excluding carboxylic acids is 2. The summed E-state index contributed by atoms with van der Waals surface area (Å²) < 4.78 is 11.6. The molecule has 7 nitrogen and oxygen atoms in total. The molecular formula is C18H16ClN3O4. The van der Waals surface area contributed by atoms with E-state index in [1.165, 1.54) is 32.4 Å². The number of nitrogens with zero attached hydrogens (tertiary/aromatic N) is 2. The first kappa shape index (κ1) is 17.8. The number of rotatable bonds is 4. The van der Waals surface area contributed by atoms with Crippen LogP contribution in [0.1, 0.15) is 26.5 Å². The van der Waals surface area contributed by atoms with E-state index >= 15 is 0 Å². The molecule has 0 radical (unpaired) electrons. The molecule has 0 atom stereocenters. The van der Waals surface area contributed by atoms with Crippen LogP contribution in [-0.2, 0) is 4.74 Å². The van der Waals surface area contributed by atoms with Crippen LogP contribution in [-0.4, -0.2) is 35.5 Å². The fourth-order valence-corrected chi connectivity index (χ4v) is 2.80. The van der Waals surface area contributed by atoms with E-state index in [1.807, 2.05) is 0 Å². The van der Waals surface area contributed by atoms with Gasteiger partial charge in [-0.05, 0) is 37.3 Å². The monoisotopic (exact) mass is 373 g/mol. The quantitative estimate of drug-likeness (QED) is 0.709. The van der Waals surface area contributed by atoms with Gasteiger partial charge in [0.25, 0.3) is 5.91 Å². The van der Waals surface area contributed by atoms with Crippen molar-refractivity contribution >= 4 is 34.8 Å². The number of pyridine rings is 1. The molecule has 0 saturated heterocycles. The zero-order valence-electron chi connectivity index (χ0n) is 14.4. The summed E-state index contributed by atoms with van der Waals surface area (Å²) in [4.78, 5) is 28.9. The molecule has 0 unspecified atom stereocenters. The highest BCUT2D eigenvalue weighted by Gasteiger charge is 2.20. The van der Waals surface area contributed by atoms with Crippen LogP contribution in [0.3, 0.4) is 0 Å². The Morgan fingerprint density at radius 3 is 2.69 bits per heavy atom. The lowest BCUT2D eigenvalue weighted by atomic mass is 10.2. The molecule has 1 N–H and O–H groups in total. The third-order valence-electron chi connectivity index (χ3n) is 3.86. The van der Waals surface area contributed by atoms with E-state index in [1.54, 1.807) is 29.7 Å². The number of esters is 1. The first-order valence-electron chi connectivity index (χ1n) is 7.67. The van der Waals surface area contributed by atoms with Crippen LogP contribution >= 0.6 is 11.6 Å². The lowest BCUT2D eigenvalue weighted by Crippen LogP contribution is -2.16. The number of carbonyl (C=O) groups is 2. The van der Waals surface area contributed by atoms with Crippen molar-refractivity contribution in [1.29, 1.82) is 0 Å². The molecule has 8 heteroatoms. The molecule has 3 rings (SSSR count). The molecule has 0 saturated carbocycles. The Kier molecular flexibility index (Phi) is 4.81. The number of methoxy groups -OCH3 is 2. The van der Waals surface area contributed by atoms with Crippen molar-refractivity contribution in [1.82, 2.24) is 9.38 Å². The molecule has 2 heterocycles. The number of aromatic nitrogens is 2. The van der Waals surface area contributed by atoms with Gasteiger partial charge in [-0.3, -0.25) is 9.20 Å². The number of aryl methyl sites for hydroxylation is 1. The molecule has 1 amide bonds.